The second-order valence-corrected chi connectivity index (χ2v) is 9.06. The normalized spacial score (nSPS) is 11.4. The van der Waals surface area contributed by atoms with Crippen molar-refractivity contribution in [3.8, 4) is 22.5 Å². The van der Waals surface area contributed by atoms with Gasteiger partial charge in [0.2, 0.25) is 0 Å². The van der Waals surface area contributed by atoms with Crippen LogP contribution in [0.2, 0.25) is 0 Å². The Hall–Kier alpha value is -2.90. The number of aryl methyl sites for hydroxylation is 2. The summed E-state index contributed by atoms with van der Waals surface area (Å²) >= 11 is 0. The van der Waals surface area contributed by atoms with Gasteiger partial charge >= 0.3 is 0 Å². The minimum atomic E-state index is 0.0551. The summed E-state index contributed by atoms with van der Waals surface area (Å²) < 4.78 is 14.0. The molecule has 0 saturated heterocycles. The molecule has 0 saturated carbocycles. The first kappa shape index (κ1) is 25.7. The molecular formula is C26H40N6O2. The van der Waals surface area contributed by atoms with Gasteiger partial charge in [-0.3, -0.25) is 21.4 Å². The van der Waals surface area contributed by atoms with E-state index in [2.05, 4.69) is 24.4 Å². The zero-order valence-electron chi connectivity index (χ0n) is 20.8. The minimum Gasteiger partial charge on any atom is -0.486 e. The van der Waals surface area contributed by atoms with Crippen LogP contribution >= 0.6 is 0 Å². The summed E-state index contributed by atoms with van der Waals surface area (Å²) in [6.07, 6.45) is 14.3. The van der Waals surface area contributed by atoms with E-state index in [0.29, 0.717) is 11.4 Å². The molecule has 3 aromatic rings. The van der Waals surface area contributed by atoms with Crippen LogP contribution < -0.4 is 31.0 Å². The molecule has 2 N–H and O–H groups in total. The maximum atomic E-state index is 8.27. The molecule has 0 bridgehead atoms. The molecule has 3 rings (SSSR count). The number of rotatable bonds is 16. The van der Waals surface area contributed by atoms with Gasteiger partial charge in [0.25, 0.3) is 22.5 Å². The van der Waals surface area contributed by atoms with Crippen molar-refractivity contribution in [3.63, 3.8) is 0 Å². The smallest absolute Gasteiger partial charge is 0.273 e. The molecule has 0 unspecified atom stereocenters. The van der Waals surface area contributed by atoms with Crippen molar-refractivity contribution in [1.82, 2.24) is 10.5 Å². The van der Waals surface area contributed by atoms with E-state index in [1.165, 1.54) is 51.4 Å². The Bertz CT molecular complexity index is 1020. The Kier molecular flexibility index (Phi) is 10.4. The topological polar surface area (TPSA) is 110 Å². The Balaban J connectivity index is 1.72. The van der Waals surface area contributed by atoms with Gasteiger partial charge in [-0.1, -0.05) is 71.3 Å². The number of aromatic nitrogens is 4. The standard InChI is InChI=1S/C26H40N6O2/c1-3-5-7-9-11-13-18-31-23(25(27)33-29-31)21-16-15-17-22(20-21)24-26(28)34-30-32(24)19-14-12-10-8-6-4-2/h15-17,20,27-28H,3-14,18-19H2,1-2H3. The number of benzene rings is 1. The van der Waals surface area contributed by atoms with Crippen molar-refractivity contribution in [3.05, 3.63) is 35.4 Å². The summed E-state index contributed by atoms with van der Waals surface area (Å²) in [4.78, 5) is 0. The van der Waals surface area contributed by atoms with E-state index in [0.717, 1.165) is 49.9 Å². The highest BCUT2D eigenvalue weighted by Gasteiger charge is 2.20. The molecule has 0 spiro atoms. The van der Waals surface area contributed by atoms with Crippen LogP contribution in [0, 0.1) is 10.8 Å². The van der Waals surface area contributed by atoms with Crippen molar-refractivity contribution in [1.29, 1.82) is 10.8 Å². The van der Waals surface area contributed by atoms with Gasteiger partial charge in [-0.25, -0.2) is 9.36 Å². The quantitative estimate of drug-likeness (QED) is 0.240. The van der Waals surface area contributed by atoms with E-state index in [1.807, 2.05) is 24.3 Å². The van der Waals surface area contributed by atoms with E-state index in [1.54, 1.807) is 9.36 Å². The van der Waals surface area contributed by atoms with Gasteiger partial charge in [-0.15, -0.1) is 0 Å². The molecule has 0 aliphatic carbocycles. The number of hydrogen-bond acceptors (Lipinski definition) is 4. The van der Waals surface area contributed by atoms with Crippen LogP contribution in [0.15, 0.2) is 33.3 Å². The molecule has 2 heterocycles. The highest BCUT2D eigenvalue weighted by Crippen LogP contribution is 2.20. The Morgan fingerprint density at radius 2 is 1.06 bits per heavy atom. The van der Waals surface area contributed by atoms with Crippen LogP contribution in [-0.2, 0) is 13.1 Å². The molecule has 0 aliphatic heterocycles. The third-order valence-electron chi connectivity index (χ3n) is 6.26. The fraction of sp³-hybridized carbons (Fsp3) is 0.615. The van der Waals surface area contributed by atoms with Gasteiger partial charge in [0.1, 0.15) is 13.1 Å². The van der Waals surface area contributed by atoms with E-state index in [4.69, 9.17) is 19.9 Å². The summed E-state index contributed by atoms with van der Waals surface area (Å²) in [5, 5.41) is 24.7. The van der Waals surface area contributed by atoms with E-state index in [-0.39, 0.29) is 11.1 Å². The number of unbranched alkanes of at least 4 members (excludes halogenated alkanes) is 10. The van der Waals surface area contributed by atoms with E-state index >= 15 is 0 Å². The predicted octanol–water partition coefficient (Wildman–Crippen LogP) is 4.38. The average molecular weight is 469 g/mol. The lowest BCUT2D eigenvalue weighted by atomic mass is 10.1. The van der Waals surface area contributed by atoms with Gasteiger partial charge in [-0.05, 0) is 31.0 Å². The molecular weight excluding hydrogens is 428 g/mol. The highest BCUT2D eigenvalue weighted by molar-refractivity contribution is 5.65. The molecule has 8 nitrogen and oxygen atoms in total. The molecule has 8 heteroatoms. The minimum absolute atomic E-state index is 0.0551. The molecule has 34 heavy (non-hydrogen) atoms. The fourth-order valence-corrected chi connectivity index (χ4v) is 4.35. The monoisotopic (exact) mass is 468 g/mol. The molecule has 2 aromatic heterocycles. The van der Waals surface area contributed by atoms with Gasteiger partial charge in [0.15, 0.2) is 0 Å². The van der Waals surface area contributed by atoms with Gasteiger partial charge in [-0.2, -0.15) is 0 Å². The maximum absolute atomic E-state index is 8.27. The van der Waals surface area contributed by atoms with Crippen molar-refractivity contribution in [2.75, 3.05) is 0 Å². The number of nitrogens with one attached hydrogen (secondary N) is 2. The van der Waals surface area contributed by atoms with Crippen molar-refractivity contribution in [2.24, 2.45) is 0 Å². The van der Waals surface area contributed by atoms with Crippen molar-refractivity contribution < 1.29 is 18.4 Å². The van der Waals surface area contributed by atoms with E-state index in [9.17, 15) is 0 Å². The summed E-state index contributed by atoms with van der Waals surface area (Å²) in [5.41, 5.74) is 3.14. The van der Waals surface area contributed by atoms with Crippen LogP contribution in [0.5, 0.6) is 0 Å². The van der Waals surface area contributed by atoms with Crippen LogP contribution in [0.1, 0.15) is 90.9 Å². The largest absolute Gasteiger partial charge is 0.486 e. The van der Waals surface area contributed by atoms with Gasteiger partial charge in [0, 0.05) is 12.8 Å². The average Bonchev–Trinajstić information content (AvgIpc) is 3.40. The molecule has 0 atom stereocenters. The van der Waals surface area contributed by atoms with Crippen LogP contribution in [0.3, 0.4) is 0 Å². The van der Waals surface area contributed by atoms with E-state index < -0.39 is 0 Å². The second kappa shape index (κ2) is 13.7. The number of nitrogens with zero attached hydrogens (tertiary/aromatic N) is 4. The molecule has 0 aliphatic rings. The van der Waals surface area contributed by atoms with Gasteiger partial charge in [0.05, 0.1) is 11.1 Å². The number of hydrogen-bond donors (Lipinski definition) is 2. The van der Waals surface area contributed by atoms with Crippen molar-refractivity contribution >= 4 is 0 Å². The molecule has 0 radical (unpaired) electrons. The lowest BCUT2D eigenvalue weighted by Gasteiger charge is -2.05. The zero-order valence-corrected chi connectivity index (χ0v) is 20.8. The fourth-order valence-electron chi connectivity index (χ4n) is 4.35. The highest BCUT2D eigenvalue weighted by atomic mass is 16.5. The maximum Gasteiger partial charge on any atom is 0.273 e. The molecule has 186 valence electrons. The Labute approximate surface area is 201 Å². The molecule has 1 aromatic carbocycles. The molecule has 0 fully saturated rings. The first-order valence-corrected chi connectivity index (χ1v) is 13.0. The summed E-state index contributed by atoms with van der Waals surface area (Å²) in [6.45, 7) is 5.90. The SMILES string of the molecule is CCCCCCCC[n+]1[n-]oc(=N)c1-c1cccc(-c2c(=N)o[n-][n+]2CCCCCCCC)c1. The van der Waals surface area contributed by atoms with Crippen LogP contribution in [-0.4, -0.2) is 0 Å². The Morgan fingerprint density at radius 3 is 1.50 bits per heavy atom. The predicted molar refractivity (Wildman–Crippen MR) is 127 cm³/mol. The first-order valence-electron chi connectivity index (χ1n) is 13.0. The Morgan fingerprint density at radius 1 is 0.647 bits per heavy atom. The molecule has 0 amide bonds. The summed E-state index contributed by atoms with van der Waals surface area (Å²) in [6, 6.07) is 7.83. The lowest BCUT2D eigenvalue weighted by molar-refractivity contribution is -0.758. The zero-order chi connectivity index (χ0) is 24.2. The third-order valence-corrected chi connectivity index (χ3v) is 6.26. The van der Waals surface area contributed by atoms with Crippen molar-refractivity contribution in [2.45, 2.75) is 104 Å². The summed E-state index contributed by atoms with van der Waals surface area (Å²) in [5.74, 6) is 0. The van der Waals surface area contributed by atoms with Gasteiger partial charge < -0.3 is 9.05 Å². The first-order chi connectivity index (χ1) is 16.7. The summed E-state index contributed by atoms with van der Waals surface area (Å²) in [7, 11) is 0. The van der Waals surface area contributed by atoms with Crippen LogP contribution in [0.25, 0.3) is 22.5 Å². The van der Waals surface area contributed by atoms with Crippen LogP contribution in [0.4, 0.5) is 0 Å². The third kappa shape index (κ3) is 7.05. The second-order valence-electron chi connectivity index (χ2n) is 9.06. The lowest BCUT2D eigenvalue weighted by Crippen LogP contribution is -2.41.